The van der Waals surface area contributed by atoms with Gasteiger partial charge in [0.05, 0.1) is 17.0 Å². The number of fused-ring (bicyclic) bond motifs is 2. The monoisotopic (exact) mass is 388 g/mol. The number of nitrogens with one attached hydrogen (secondary N) is 2. The first-order valence-electron chi connectivity index (χ1n) is 8.36. The number of carbonyl (C=O) groups excluding carboxylic acids is 2. The summed E-state index contributed by atoms with van der Waals surface area (Å²) < 4.78 is 13.6. The van der Waals surface area contributed by atoms with Crippen molar-refractivity contribution in [3.63, 3.8) is 0 Å². The van der Waals surface area contributed by atoms with Crippen molar-refractivity contribution in [2.45, 2.75) is 34.4 Å². The number of benzene rings is 2. The van der Waals surface area contributed by atoms with Crippen LogP contribution in [0.15, 0.2) is 46.2 Å². The van der Waals surface area contributed by atoms with Gasteiger partial charge in [0.25, 0.3) is 5.91 Å². The van der Waals surface area contributed by atoms with Gasteiger partial charge in [-0.05, 0) is 55.3 Å². The minimum absolute atomic E-state index is 0.0613. The molecule has 0 aromatic heterocycles. The van der Waals surface area contributed by atoms with Crippen LogP contribution in [-0.4, -0.2) is 22.8 Å². The topological polar surface area (TPSA) is 58.2 Å². The molecule has 0 saturated heterocycles. The normalized spacial score (nSPS) is 21.4. The predicted octanol–water partition coefficient (Wildman–Crippen LogP) is 4.23. The van der Waals surface area contributed by atoms with Gasteiger partial charge in [-0.25, -0.2) is 4.39 Å². The molecule has 0 spiro atoms. The van der Waals surface area contributed by atoms with Crippen LogP contribution in [0.3, 0.4) is 0 Å². The minimum Gasteiger partial charge on any atom is -0.345 e. The summed E-state index contributed by atoms with van der Waals surface area (Å²) in [6.45, 7) is 1.85. The van der Waals surface area contributed by atoms with E-state index in [9.17, 15) is 14.0 Å². The van der Waals surface area contributed by atoms with E-state index in [4.69, 9.17) is 0 Å². The Hall–Kier alpha value is -1.99. The Morgan fingerprint density at radius 2 is 2.04 bits per heavy atom. The molecule has 0 fully saturated rings. The Kier molecular flexibility index (Phi) is 4.67. The molecule has 2 unspecified atom stereocenters. The first-order valence-corrected chi connectivity index (χ1v) is 10.2. The Labute approximate surface area is 159 Å². The van der Waals surface area contributed by atoms with Crippen molar-refractivity contribution in [2.24, 2.45) is 0 Å². The quantitative estimate of drug-likeness (QED) is 0.809. The summed E-state index contributed by atoms with van der Waals surface area (Å²) >= 11 is 3.16. The van der Waals surface area contributed by atoms with Gasteiger partial charge in [0, 0.05) is 21.1 Å². The predicted molar refractivity (Wildman–Crippen MR) is 102 cm³/mol. The first-order chi connectivity index (χ1) is 12.5. The van der Waals surface area contributed by atoms with Crippen LogP contribution in [0.4, 0.5) is 10.1 Å². The number of anilines is 1. The summed E-state index contributed by atoms with van der Waals surface area (Å²) in [7, 11) is 0. The molecule has 2 amide bonds. The highest BCUT2D eigenvalue weighted by atomic mass is 32.2. The van der Waals surface area contributed by atoms with E-state index in [0.717, 1.165) is 27.5 Å². The minimum atomic E-state index is -0.298. The Balaban J connectivity index is 1.56. The zero-order valence-corrected chi connectivity index (χ0v) is 15.7. The van der Waals surface area contributed by atoms with E-state index in [1.54, 1.807) is 30.0 Å². The average Bonchev–Trinajstić information content (AvgIpc) is 2.63. The van der Waals surface area contributed by atoms with Crippen LogP contribution in [0.25, 0.3) is 0 Å². The Morgan fingerprint density at radius 1 is 1.23 bits per heavy atom. The number of carbonyl (C=O) groups is 2. The number of hydrogen-bond acceptors (Lipinski definition) is 4. The SMILES string of the molecule is CC1Sc2ccc(C(=O)NC3CCSc4ccc(F)cc43)cc2NC1=O. The van der Waals surface area contributed by atoms with Gasteiger partial charge in [-0.2, -0.15) is 0 Å². The summed E-state index contributed by atoms with van der Waals surface area (Å²) in [5.74, 6) is 0.290. The molecule has 2 heterocycles. The van der Waals surface area contributed by atoms with Gasteiger partial charge in [0.15, 0.2) is 0 Å². The van der Waals surface area contributed by atoms with Crippen molar-refractivity contribution in [2.75, 3.05) is 11.1 Å². The van der Waals surface area contributed by atoms with Crippen molar-refractivity contribution in [1.29, 1.82) is 0 Å². The second kappa shape index (κ2) is 6.96. The van der Waals surface area contributed by atoms with Crippen molar-refractivity contribution in [1.82, 2.24) is 5.32 Å². The van der Waals surface area contributed by atoms with E-state index in [2.05, 4.69) is 10.6 Å². The summed E-state index contributed by atoms with van der Waals surface area (Å²) in [6, 6.07) is 9.81. The number of hydrogen-bond donors (Lipinski definition) is 2. The summed E-state index contributed by atoms with van der Waals surface area (Å²) in [6.07, 6.45) is 0.752. The van der Waals surface area contributed by atoms with Crippen LogP contribution in [0.2, 0.25) is 0 Å². The molecule has 2 aromatic carbocycles. The molecule has 134 valence electrons. The van der Waals surface area contributed by atoms with Crippen molar-refractivity contribution >= 4 is 41.0 Å². The summed E-state index contributed by atoms with van der Waals surface area (Å²) in [5, 5.41) is 5.70. The van der Waals surface area contributed by atoms with E-state index in [1.807, 2.05) is 13.0 Å². The zero-order valence-electron chi connectivity index (χ0n) is 14.0. The van der Waals surface area contributed by atoms with Crippen molar-refractivity contribution in [3.05, 3.63) is 53.3 Å². The van der Waals surface area contributed by atoms with Crippen LogP contribution in [0, 0.1) is 5.82 Å². The third-order valence-electron chi connectivity index (χ3n) is 4.49. The Bertz CT molecular complexity index is 903. The van der Waals surface area contributed by atoms with Gasteiger partial charge < -0.3 is 10.6 Å². The van der Waals surface area contributed by atoms with Gasteiger partial charge in [-0.1, -0.05) is 0 Å². The lowest BCUT2D eigenvalue weighted by atomic mass is 10.0. The summed E-state index contributed by atoms with van der Waals surface area (Å²) in [5.41, 5.74) is 1.97. The van der Waals surface area contributed by atoms with E-state index in [0.29, 0.717) is 11.3 Å². The van der Waals surface area contributed by atoms with Crippen molar-refractivity contribution < 1.29 is 14.0 Å². The molecule has 0 saturated carbocycles. The van der Waals surface area contributed by atoms with Gasteiger partial charge in [0.2, 0.25) is 5.91 Å². The molecule has 7 heteroatoms. The molecule has 2 aliphatic heterocycles. The number of halogens is 1. The molecule has 2 aliphatic rings. The van der Waals surface area contributed by atoms with Gasteiger partial charge in [-0.3, -0.25) is 9.59 Å². The van der Waals surface area contributed by atoms with E-state index >= 15 is 0 Å². The van der Waals surface area contributed by atoms with Crippen LogP contribution in [0.5, 0.6) is 0 Å². The molecule has 26 heavy (non-hydrogen) atoms. The van der Waals surface area contributed by atoms with E-state index < -0.39 is 0 Å². The third kappa shape index (κ3) is 3.33. The third-order valence-corrected chi connectivity index (χ3v) is 6.79. The standard InChI is InChI=1S/C19H17FN2O2S2/c1-10-18(23)22-15-8-11(2-4-17(15)26-10)19(24)21-14-6-7-25-16-5-3-12(20)9-13(14)16/h2-5,8-10,14H,6-7H2,1H3,(H,21,24)(H,22,23). The lowest BCUT2D eigenvalue weighted by Crippen LogP contribution is -2.31. The molecule has 0 aliphatic carbocycles. The van der Waals surface area contributed by atoms with Crippen molar-refractivity contribution in [3.8, 4) is 0 Å². The smallest absolute Gasteiger partial charge is 0.251 e. The molecule has 2 aromatic rings. The fourth-order valence-electron chi connectivity index (χ4n) is 3.11. The zero-order chi connectivity index (χ0) is 18.3. The molecule has 0 radical (unpaired) electrons. The maximum Gasteiger partial charge on any atom is 0.251 e. The Morgan fingerprint density at radius 3 is 2.88 bits per heavy atom. The van der Waals surface area contributed by atoms with E-state index in [1.165, 1.54) is 23.9 Å². The van der Waals surface area contributed by atoms with Crippen LogP contribution >= 0.6 is 23.5 Å². The van der Waals surface area contributed by atoms with E-state index in [-0.39, 0.29) is 28.9 Å². The lowest BCUT2D eigenvalue weighted by Gasteiger charge is -2.26. The highest BCUT2D eigenvalue weighted by Crippen LogP contribution is 2.38. The molecule has 2 N–H and O–H groups in total. The first kappa shape index (κ1) is 17.4. The fraction of sp³-hybridized carbons (Fsp3) is 0.263. The molecular weight excluding hydrogens is 371 g/mol. The maximum atomic E-state index is 13.6. The largest absolute Gasteiger partial charge is 0.345 e. The second-order valence-corrected chi connectivity index (χ2v) is 8.82. The average molecular weight is 388 g/mol. The molecule has 4 nitrogen and oxygen atoms in total. The maximum absolute atomic E-state index is 13.6. The number of thioether (sulfide) groups is 2. The summed E-state index contributed by atoms with van der Waals surface area (Å²) in [4.78, 5) is 26.5. The number of rotatable bonds is 2. The fourth-order valence-corrected chi connectivity index (χ4v) is 5.14. The number of amides is 2. The molecule has 4 rings (SSSR count). The van der Waals surface area contributed by atoms with Gasteiger partial charge in [-0.15, -0.1) is 23.5 Å². The molecule has 2 atom stereocenters. The van der Waals surface area contributed by atoms with Crippen LogP contribution < -0.4 is 10.6 Å². The van der Waals surface area contributed by atoms with Gasteiger partial charge >= 0.3 is 0 Å². The highest BCUT2D eigenvalue weighted by molar-refractivity contribution is 8.01. The lowest BCUT2D eigenvalue weighted by molar-refractivity contribution is -0.115. The van der Waals surface area contributed by atoms with Crippen LogP contribution in [-0.2, 0) is 4.79 Å². The molecule has 0 bridgehead atoms. The molecular formula is C19H17FN2O2S2. The second-order valence-electron chi connectivity index (χ2n) is 6.31. The van der Waals surface area contributed by atoms with Gasteiger partial charge in [0.1, 0.15) is 5.82 Å². The van der Waals surface area contributed by atoms with Crippen LogP contribution in [0.1, 0.15) is 35.3 Å². The highest BCUT2D eigenvalue weighted by Gasteiger charge is 2.26.